The minimum absolute atomic E-state index is 0.0270. The number of carbonyl (C=O) groups excluding carboxylic acids is 1. The first kappa shape index (κ1) is 16.6. The Morgan fingerprint density at radius 3 is 3.08 bits per heavy atom. The van der Waals surface area contributed by atoms with Crippen LogP contribution in [0.3, 0.4) is 0 Å². The highest BCUT2D eigenvalue weighted by Crippen LogP contribution is 2.18. The third kappa shape index (κ3) is 4.00. The fraction of sp³-hybridized carbons (Fsp3) is 0.500. The number of aromatic amines is 1. The molecule has 2 aromatic heterocycles. The van der Waals surface area contributed by atoms with Gasteiger partial charge in [-0.25, -0.2) is 4.98 Å². The van der Waals surface area contributed by atoms with Crippen molar-refractivity contribution in [3.63, 3.8) is 0 Å². The van der Waals surface area contributed by atoms with Gasteiger partial charge in [0.25, 0.3) is 5.91 Å². The number of hydrogen-bond donors (Lipinski definition) is 2. The maximum atomic E-state index is 12.3. The number of nitrogens with one attached hydrogen (secondary N) is 2. The summed E-state index contributed by atoms with van der Waals surface area (Å²) < 4.78 is 0. The lowest BCUT2D eigenvalue weighted by molar-refractivity contribution is 0.0929. The lowest BCUT2D eigenvalue weighted by atomic mass is 9.97. The number of nitrogens with zero attached hydrogens (tertiary/aromatic N) is 3. The van der Waals surface area contributed by atoms with E-state index in [1.165, 1.54) is 0 Å². The van der Waals surface area contributed by atoms with Crippen LogP contribution in [0.2, 0.25) is 0 Å². The Balaban J connectivity index is 1.51. The third-order valence-corrected chi connectivity index (χ3v) is 4.75. The lowest BCUT2D eigenvalue weighted by Gasteiger charge is -2.32. The van der Waals surface area contributed by atoms with Crippen LogP contribution in [0.5, 0.6) is 0 Å². The lowest BCUT2D eigenvalue weighted by Crippen LogP contribution is -2.40. The van der Waals surface area contributed by atoms with E-state index in [0.717, 1.165) is 49.4 Å². The average molecular weight is 327 g/mol. The van der Waals surface area contributed by atoms with E-state index in [-0.39, 0.29) is 5.91 Å². The van der Waals surface area contributed by atoms with Crippen molar-refractivity contribution in [3.05, 3.63) is 47.3 Å². The molecule has 6 heteroatoms. The van der Waals surface area contributed by atoms with Gasteiger partial charge in [0, 0.05) is 37.7 Å². The van der Waals surface area contributed by atoms with Gasteiger partial charge in [-0.2, -0.15) is 0 Å². The molecule has 1 unspecified atom stereocenters. The highest BCUT2D eigenvalue weighted by molar-refractivity contribution is 5.95. The van der Waals surface area contributed by atoms with Gasteiger partial charge in [-0.05, 0) is 50.8 Å². The fourth-order valence-corrected chi connectivity index (χ4v) is 3.25. The molecule has 1 atom stereocenters. The van der Waals surface area contributed by atoms with Crippen molar-refractivity contribution in [3.8, 4) is 0 Å². The summed E-state index contributed by atoms with van der Waals surface area (Å²) in [4.78, 5) is 26.3. The van der Waals surface area contributed by atoms with E-state index in [4.69, 9.17) is 0 Å². The molecule has 3 heterocycles. The summed E-state index contributed by atoms with van der Waals surface area (Å²) in [6.07, 6.45) is 7.42. The number of pyridine rings is 1. The molecule has 1 saturated heterocycles. The minimum Gasteiger partial charge on any atom is -0.352 e. The van der Waals surface area contributed by atoms with Crippen molar-refractivity contribution in [2.75, 3.05) is 19.6 Å². The number of H-pyrrole nitrogens is 1. The van der Waals surface area contributed by atoms with Gasteiger partial charge < -0.3 is 10.3 Å². The number of rotatable bonds is 5. The van der Waals surface area contributed by atoms with Crippen molar-refractivity contribution in [2.24, 2.45) is 5.92 Å². The first-order chi connectivity index (χ1) is 11.6. The van der Waals surface area contributed by atoms with Crippen molar-refractivity contribution < 1.29 is 4.79 Å². The Morgan fingerprint density at radius 1 is 1.46 bits per heavy atom. The Morgan fingerprint density at radius 2 is 2.33 bits per heavy atom. The first-order valence-corrected chi connectivity index (χ1v) is 8.53. The molecule has 3 rings (SSSR count). The van der Waals surface area contributed by atoms with Crippen LogP contribution in [0.1, 0.15) is 40.2 Å². The SMILES string of the molecule is Cc1ccncc1C(=O)NCC1CCCN(Cc2nc[nH]c2C)C1. The molecule has 1 amide bonds. The molecule has 1 aliphatic rings. The summed E-state index contributed by atoms with van der Waals surface area (Å²) in [6.45, 7) is 7.67. The maximum absolute atomic E-state index is 12.3. The van der Waals surface area contributed by atoms with Gasteiger partial charge in [0.2, 0.25) is 0 Å². The molecule has 0 aromatic carbocycles. The number of aryl methyl sites for hydroxylation is 2. The third-order valence-electron chi connectivity index (χ3n) is 4.75. The van der Waals surface area contributed by atoms with E-state index in [0.29, 0.717) is 18.0 Å². The van der Waals surface area contributed by atoms with Crippen molar-refractivity contribution in [2.45, 2.75) is 33.2 Å². The van der Waals surface area contributed by atoms with E-state index in [9.17, 15) is 4.79 Å². The van der Waals surface area contributed by atoms with E-state index in [2.05, 4.69) is 32.1 Å². The second kappa shape index (κ2) is 7.57. The van der Waals surface area contributed by atoms with Gasteiger partial charge in [0.05, 0.1) is 17.6 Å². The number of piperidine rings is 1. The van der Waals surface area contributed by atoms with Crippen molar-refractivity contribution in [1.82, 2.24) is 25.2 Å². The number of hydrogen-bond acceptors (Lipinski definition) is 4. The molecule has 2 aromatic rings. The number of carbonyl (C=O) groups is 1. The summed E-state index contributed by atoms with van der Waals surface area (Å²) in [7, 11) is 0. The quantitative estimate of drug-likeness (QED) is 0.881. The van der Waals surface area contributed by atoms with Crippen molar-refractivity contribution in [1.29, 1.82) is 0 Å². The molecule has 0 bridgehead atoms. The molecule has 6 nitrogen and oxygen atoms in total. The second-order valence-corrected chi connectivity index (χ2v) is 6.62. The Labute approximate surface area is 142 Å². The highest BCUT2D eigenvalue weighted by atomic mass is 16.1. The summed E-state index contributed by atoms with van der Waals surface area (Å²) in [5, 5.41) is 3.07. The van der Waals surface area contributed by atoms with Crippen LogP contribution >= 0.6 is 0 Å². The van der Waals surface area contributed by atoms with Crippen LogP contribution in [0.25, 0.3) is 0 Å². The molecule has 0 aliphatic carbocycles. The zero-order chi connectivity index (χ0) is 16.9. The van der Waals surface area contributed by atoms with Crippen LogP contribution in [-0.2, 0) is 6.54 Å². The monoisotopic (exact) mass is 327 g/mol. The van der Waals surface area contributed by atoms with Gasteiger partial charge in [-0.15, -0.1) is 0 Å². The topological polar surface area (TPSA) is 73.9 Å². The largest absolute Gasteiger partial charge is 0.352 e. The highest BCUT2D eigenvalue weighted by Gasteiger charge is 2.22. The number of aromatic nitrogens is 3. The van der Waals surface area contributed by atoms with E-state index < -0.39 is 0 Å². The van der Waals surface area contributed by atoms with Gasteiger partial charge in [-0.3, -0.25) is 14.7 Å². The molecule has 24 heavy (non-hydrogen) atoms. The molecule has 1 aliphatic heterocycles. The maximum Gasteiger partial charge on any atom is 0.253 e. The Bertz CT molecular complexity index is 696. The average Bonchev–Trinajstić information content (AvgIpc) is 2.98. The van der Waals surface area contributed by atoms with Crippen LogP contribution < -0.4 is 5.32 Å². The fourth-order valence-electron chi connectivity index (χ4n) is 3.25. The van der Waals surface area contributed by atoms with Gasteiger partial charge in [-0.1, -0.05) is 0 Å². The zero-order valence-electron chi connectivity index (χ0n) is 14.4. The molecule has 0 saturated carbocycles. The van der Waals surface area contributed by atoms with E-state index in [1.54, 1.807) is 18.7 Å². The minimum atomic E-state index is -0.0270. The zero-order valence-corrected chi connectivity index (χ0v) is 14.4. The number of imidazole rings is 1. The number of likely N-dealkylation sites (tertiary alicyclic amines) is 1. The predicted molar refractivity (Wildman–Crippen MR) is 92.6 cm³/mol. The summed E-state index contributed by atoms with van der Waals surface area (Å²) >= 11 is 0. The first-order valence-electron chi connectivity index (χ1n) is 8.53. The number of amides is 1. The second-order valence-electron chi connectivity index (χ2n) is 6.62. The molecular weight excluding hydrogens is 302 g/mol. The molecule has 2 N–H and O–H groups in total. The summed E-state index contributed by atoms with van der Waals surface area (Å²) in [5.41, 5.74) is 3.88. The normalized spacial score (nSPS) is 18.5. The Kier molecular flexibility index (Phi) is 5.25. The molecular formula is C18H25N5O. The van der Waals surface area contributed by atoms with E-state index >= 15 is 0 Å². The van der Waals surface area contributed by atoms with Gasteiger partial charge in [0.1, 0.15) is 0 Å². The standard InChI is InChI=1S/C18H25N5O/c1-13-5-6-19-9-16(13)18(24)20-8-15-4-3-7-23(10-15)11-17-14(2)21-12-22-17/h5-6,9,12,15H,3-4,7-8,10-11H2,1-2H3,(H,20,24)(H,21,22). The van der Waals surface area contributed by atoms with Crippen LogP contribution in [0, 0.1) is 19.8 Å². The van der Waals surface area contributed by atoms with Crippen LogP contribution in [0.4, 0.5) is 0 Å². The smallest absolute Gasteiger partial charge is 0.253 e. The molecule has 1 fully saturated rings. The van der Waals surface area contributed by atoms with E-state index in [1.807, 2.05) is 13.0 Å². The van der Waals surface area contributed by atoms with Crippen LogP contribution in [0.15, 0.2) is 24.8 Å². The summed E-state index contributed by atoms with van der Waals surface area (Å²) in [6, 6.07) is 1.86. The molecule has 128 valence electrons. The Hall–Kier alpha value is -2.21. The summed E-state index contributed by atoms with van der Waals surface area (Å²) in [5.74, 6) is 0.458. The van der Waals surface area contributed by atoms with Gasteiger partial charge >= 0.3 is 0 Å². The van der Waals surface area contributed by atoms with Crippen LogP contribution in [-0.4, -0.2) is 45.4 Å². The van der Waals surface area contributed by atoms with Gasteiger partial charge in [0.15, 0.2) is 0 Å². The predicted octanol–water partition coefficient (Wildman–Crippen LogP) is 2.06. The molecule has 0 spiro atoms. The van der Waals surface area contributed by atoms with Crippen molar-refractivity contribution >= 4 is 5.91 Å². The molecule has 0 radical (unpaired) electrons.